The predicted molar refractivity (Wildman–Crippen MR) is 77.8 cm³/mol. The predicted octanol–water partition coefficient (Wildman–Crippen LogP) is 1.70. The molecule has 7 heteroatoms. The van der Waals surface area contributed by atoms with Crippen molar-refractivity contribution in [3.8, 4) is 0 Å². The number of rotatable bonds is 5. The molecule has 0 spiro atoms. The average molecular weight is 304 g/mol. The van der Waals surface area contributed by atoms with Crippen LogP contribution >= 0.6 is 0 Å². The number of carboxylic acids is 1. The van der Waals surface area contributed by atoms with Crippen LogP contribution in [-0.4, -0.2) is 25.7 Å². The number of benzene rings is 2. The van der Waals surface area contributed by atoms with Crippen LogP contribution in [0.5, 0.6) is 0 Å². The van der Waals surface area contributed by atoms with Crippen molar-refractivity contribution < 1.29 is 18.3 Å². The monoisotopic (exact) mass is 304 g/mol. The van der Waals surface area contributed by atoms with Gasteiger partial charge in [-0.25, -0.2) is 9.63 Å². The quantitative estimate of drug-likeness (QED) is 0.649. The molecule has 0 radical (unpaired) electrons. The third-order valence-electron chi connectivity index (χ3n) is 2.62. The largest absolute Gasteiger partial charge is 0.478 e. The van der Waals surface area contributed by atoms with Gasteiger partial charge in [0.1, 0.15) is 0 Å². The maximum atomic E-state index is 11.9. The fourth-order valence-electron chi connectivity index (χ4n) is 1.62. The van der Waals surface area contributed by atoms with Crippen molar-refractivity contribution in [2.75, 3.05) is 0 Å². The Labute approximate surface area is 121 Å². The average Bonchev–Trinajstić information content (AvgIpc) is 2.48. The highest BCUT2D eigenvalue weighted by Gasteiger charge is 2.11. The molecule has 0 saturated carbocycles. The first-order valence-electron chi connectivity index (χ1n) is 5.93. The molecule has 0 heterocycles. The van der Waals surface area contributed by atoms with Crippen LogP contribution in [0.25, 0.3) is 0 Å². The number of hydrogen-bond acceptors (Lipinski definition) is 4. The van der Waals surface area contributed by atoms with E-state index < -0.39 is 16.0 Å². The highest BCUT2D eigenvalue weighted by Crippen LogP contribution is 2.08. The fraction of sp³-hybridized carbons (Fsp3) is 0. The summed E-state index contributed by atoms with van der Waals surface area (Å²) in [7, 11) is -3.76. The van der Waals surface area contributed by atoms with Crippen molar-refractivity contribution in [2.24, 2.45) is 5.10 Å². The van der Waals surface area contributed by atoms with Crippen molar-refractivity contribution >= 4 is 22.2 Å². The van der Waals surface area contributed by atoms with Crippen LogP contribution in [0.2, 0.25) is 0 Å². The highest BCUT2D eigenvalue weighted by atomic mass is 32.2. The third-order valence-corrected chi connectivity index (χ3v) is 3.86. The van der Waals surface area contributed by atoms with Gasteiger partial charge in [-0.2, -0.15) is 13.5 Å². The molecule has 0 saturated heterocycles. The number of sulfonamides is 1. The number of nitrogens with one attached hydrogen (secondary N) is 1. The van der Waals surface area contributed by atoms with Crippen LogP contribution in [0, 0.1) is 0 Å². The van der Waals surface area contributed by atoms with Gasteiger partial charge in [0.15, 0.2) is 0 Å². The summed E-state index contributed by atoms with van der Waals surface area (Å²) in [6.07, 6.45) is 1.16. The zero-order valence-corrected chi connectivity index (χ0v) is 11.6. The van der Waals surface area contributed by atoms with E-state index in [-0.39, 0.29) is 10.5 Å². The molecule has 0 fully saturated rings. The zero-order valence-electron chi connectivity index (χ0n) is 10.8. The van der Waals surface area contributed by atoms with Crippen LogP contribution in [0.15, 0.2) is 64.6 Å². The summed E-state index contributed by atoms with van der Waals surface area (Å²) in [5.74, 6) is -1.11. The van der Waals surface area contributed by atoms with E-state index in [1.54, 1.807) is 30.3 Å². The van der Waals surface area contributed by atoms with E-state index in [0.29, 0.717) is 5.56 Å². The van der Waals surface area contributed by atoms with Crippen molar-refractivity contribution in [1.82, 2.24) is 4.83 Å². The molecular weight excluding hydrogens is 292 g/mol. The van der Waals surface area contributed by atoms with Crippen LogP contribution in [0.4, 0.5) is 0 Å². The van der Waals surface area contributed by atoms with E-state index in [1.807, 2.05) is 4.83 Å². The Kier molecular flexibility index (Phi) is 4.34. The molecule has 0 aliphatic carbocycles. The molecule has 0 unspecified atom stereocenters. The second kappa shape index (κ2) is 6.19. The number of hydrogen-bond donors (Lipinski definition) is 2. The molecule has 0 aromatic heterocycles. The maximum Gasteiger partial charge on any atom is 0.336 e. The molecule has 2 aromatic carbocycles. The van der Waals surface area contributed by atoms with Gasteiger partial charge in [-0.15, -0.1) is 0 Å². The summed E-state index contributed by atoms with van der Waals surface area (Å²) in [5.41, 5.74) is 0.348. The third kappa shape index (κ3) is 3.67. The Morgan fingerprint density at radius 3 is 2.33 bits per heavy atom. The van der Waals surface area contributed by atoms with Crippen LogP contribution in [-0.2, 0) is 10.0 Å². The maximum absolute atomic E-state index is 11.9. The van der Waals surface area contributed by atoms with Crippen molar-refractivity contribution in [3.05, 3.63) is 65.7 Å². The first-order chi connectivity index (χ1) is 10.0. The summed E-state index contributed by atoms with van der Waals surface area (Å²) in [6.45, 7) is 0. The SMILES string of the molecule is O=C(O)c1ccccc1/C=N/NS(=O)(=O)c1ccccc1. The first kappa shape index (κ1) is 14.7. The minimum Gasteiger partial charge on any atom is -0.478 e. The molecule has 2 rings (SSSR count). The summed E-state index contributed by atoms with van der Waals surface area (Å²) < 4.78 is 23.8. The molecule has 0 atom stereocenters. The Morgan fingerprint density at radius 2 is 1.67 bits per heavy atom. The zero-order chi connectivity index (χ0) is 15.3. The summed E-state index contributed by atoms with van der Waals surface area (Å²) in [4.78, 5) is 13.1. The Balaban J connectivity index is 2.19. The fourth-order valence-corrected chi connectivity index (χ4v) is 2.43. The van der Waals surface area contributed by atoms with Crippen LogP contribution in [0.3, 0.4) is 0 Å². The van der Waals surface area contributed by atoms with Crippen LogP contribution < -0.4 is 4.83 Å². The first-order valence-corrected chi connectivity index (χ1v) is 7.41. The summed E-state index contributed by atoms with van der Waals surface area (Å²) >= 11 is 0. The van der Waals surface area contributed by atoms with Gasteiger partial charge in [-0.3, -0.25) is 0 Å². The molecule has 21 heavy (non-hydrogen) atoms. The lowest BCUT2D eigenvalue weighted by Crippen LogP contribution is -2.18. The number of carboxylic acid groups (broad SMARTS) is 1. The minimum atomic E-state index is -3.76. The van der Waals surface area contributed by atoms with Gasteiger partial charge >= 0.3 is 5.97 Å². The second-order valence-corrected chi connectivity index (χ2v) is 5.72. The molecule has 0 amide bonds. The van der Waals surface area contributed by atoms with Gasteiger partial charge in [0.2, 0.25) is 0 Å². The molecule has 2 N–H and O–H groups in total. The van der Waals surface area contributed by atoms with Crippen molar-refractivity contribution in [2.45, 2.75) is 4.90 Å². The Hall–Kier alpha value is -2.67. The smallest absolute Gasteiger partial charge is 0.336 e. The lowest BCUT2D eigenvalue weighted by atomic mass is 10.1. The van der Waals surface area contributed by atoms with E-state index in [1.165, 1.54) is 24.3 Å². The minimum absolute atomic E-state index is 0.0418. The second-order valence-electron chi connectivity index (χ2n) is 4.06. The van der Waals surface area contributed by atoms with E-state index in [0.717, 1.165) is 6.21 Å². The molecule has 108 valence electrons. The topological polar surface area (TPSA) is 95.8 Å². The Morgan fingerprint density at radius 1 is 1.05 bits per heavy atom. The highest BCUT2D eigenvalue weighted by molar-refractivity contribution is 7.89. The number of aromatic carboxylic acids is 1. The number of nitrogens with zero attached hydrogens (tertiary/aromatic N) is 1. The molecule has 0 bridgehead atoms. The van der Waals surface area contributed by atoms with E-state index in [4.69, 9.17) is 5.11 Å². The van der Waals surface area contributed by atoms with Crippen LogP contribution in [0.1, 0.15) is 15.9 Å². The van der Waals surface area contributed by atoms with Gasteiger partial charge < -0.3 is 5.11 Å². The standard InChI is InChI=1S/C14H12N2O4S/c17-14(18)13-9-5-4-6-11(13)10-15-16-21(19,20)12-7-2-1-3-8-12/h1-10,16H,(H,17,18)/b15-10+. The number of hydrazone groups is 1. The lowest BCUT2D eigenvalue weighted by Gasteiger charge is -2.03. The summed E-state index contributed by atoms with van der Waals surface area (Å²) in [6, 6.07) is 13.9. The number of carbonyl (C=O) groups is 1. The molecule has 0 aliphatic heterocycles. The molecule has 6 nitrogen and oxygen atoms in total. The van der Waals surface area contributed by atoms with Gasteiger partial charge in [-0.05, 0) is 18.2 Å². The van der Waals surface area contributed by atoms with Crippen molar-refractivity contribution in [1.29, 1.82) is 0 Å². The Bertz CT molecular complexity index is 771. The normalized spacial score (nSPS) is 11.4. The van der Waals surface area contributed by atoms with E-state index in [9.17, 15) is 13.2 Å². The van der Waals surface area contributed by atoms with Gasteiger partial charge in [-0.1, -0.05) is 36.4 Å². The van der Waals surface area contributed by atoms with E-state index >= 15 is 0 Å². The lowest BCUT2D eigenvalue weighted by molar-refractivity contribution is 0.0696. The molecular formula is C14H12N2O4S. The summed E-state index contributed by atoms with van der Waals surface area (Å²) in [5, 5.41) is 12.6. The van der Waals surface area contributed by atoms with Crippen molar-refractivity contribution in [3.63, 3.8) is 0 Å². The molecule has 0 aliphatic rings. The molecule has 2 aromatic rings. The van der Waals surface area contributed by atoms with Gasteiger partial charge in [0.25, 0.3) is 10.0 Å². The van der Waals surface area contributed by atoms with Gasteiger partial charge in [0.05, 0.1) is 16.7 Å². The van der Waals surface area contributed by atoms with Gasteiger partial charge in [0, 0.05) is 5.56 Å². The van der Waals surface area contributed by atoms with E-state index in [2.05, 4.69) is 5.10 Å².